The predicted octanol–water partition coefficient (Wildman–Crippen LogP) is 3.12. The average molecular weight is 265 g/mol. The zero-order valence-corrected chi connectivity index (χ0v) is 11.4. The van der Waals surface area contributed by atoms with Gasteiger partial charge in [-0.05, 0) is 19.1 Å². The molecule has 3 rings (SSSR count). The molecule has 2 heterocycles. The van der Waals surface area contributed by atoms with E-state index in [1.54, 1.807) is 13.2 Å². The summed E-state index contributed by atoms with van der Waals surface area (Å²) < 4.78 is 0. The Bertz CT molecular complexity index is 749. The van der Waals surface area contributed by atoms with Crippen LogP contribution in [0.25, 0.3) is 10.9 Å². The number of anilines is 3. The van der Waals surface area contributed by atoms with Crippen molar-refractivity contribution in [3.05, 3.63) is 48.3 Å². The minimum absolute atomic E-state index is 0.598. The molecule has 0 saturated heterocycles. The third-order valence-electron chi connectivity index (χ3n) is 2.97. The Labute approximate surface area is 117 Å². The van der Waals surface area contributed by atoms with E-state index in [-0.39, 0.29) is 0 Å². The van der Waals surface area contributed by atoms with Crippen molar-refractivity contribution >= 4 is 28.4 Å². The fourth-order valence-electron chi connectivity index (χ4n) is 2.09. The average Bonchev–Trinajstić information content (AvgIpc) is 2.47. The van der Waals surface area contributed by atoms with Crippen molar-refractivity contribution in [3.8, 4) is 0 Å². The van der Waals surface area contributed by atoms with Gasteiger partial charge in [-0.2, -0.15) is 4.98 Å². The Hall–Kier alpha value is -2.69. The van der Waals surface area contributed by atoms with Crippen LogP contribution in [-0.4, -0.2) is 22.0 Å². The highest BCUT2D eigenvalue weighted by Crippen LogP contribution is 2.24. The van der Waals surface area contributed by atoms with E-state index in [1.165, 1.54) is 0 Å². The first-order valence-corrected chi connectivity index (χ1v) is 6.40. The van der Waals surface area contributed by atoms with Crippen LogP contribution in [0.3, 0.4) is 0 Å². The van der Waals surface area contributed by atoms with Gasteiger partial charge in [0.2, 0.25) is 5.95 Å². The van der Waals surface area contributed by atoms with E-state index in [4.69, 9.17) is 0 Å². The number of rotatable bonds is 3. The van der Waals surface area contributed by atoms with Gasteiger partial charge in [0.1, 0.15) is 5.82 Å². The van der Waals surface area contributed by atoms with Crippen molar-refractivity contribution in [2.45, 2.75) is 6.92 Å². The summed E-state index contributed by atoms with van der Waals surface area (Å²) in [4.78, 5) is 13.1. The Morgan fingerprint density at radius 1 is 1.05 bits per heavy atom. The number of nitrogens with zero attached hydrogens (tertiary/aromatic N) is 3. The second-order valence-corrected chi connectivity index (χ2v) is 4.47. The summed E-state index contributed by atoms with van der Waals surface area (Å²) in [5.41, 5.74) is 2.76. The van der Waals surface area contributed by atoms with Gasteiger partial charge in [-0.3, -0.25) is 4.98 Å². The summed E-state index contributed by atoms with van der Waals surface area (Å²) in [6.07, 6.45) is 1.79. The van der Waals surface area contributed by atoms with Crippen molar-refractivity contribution in [3.63, 3.8) is 0 Å². The predicted molar refractivity (Wildman–Crippen MR) is 81.3 cm³/mol. The molecule has 2 aromatic heterocycles. The summed E-state index contributed by atoms with van der Waals surface area (Å²) in [5, 5.41) is 7.36. The second-order valence-electron chi connectivity index (χ2n) is 4.47. The molecule has 1 aromatic carbocycles. The summed E-state index contributed by atoms with van der Waals surface area (Å²) >= 11 is 0. The number of para-hydroxylation sites is 1. The highest BCUT2D eigenvalue weighted by atomic mass is 15.1. The largest absolute Gasteiger partial charge is 0.357 e. The van der Waals surface area contributed by atoms with Gasteiger partial charge in [0.05, 0.1) is 11.2 Å². The molecule has 0 spiro atoms. The molecule has 0 radical (unpaired) electrons. The molecule has 3 aromatic rings. The number of nitrogens with one attached hydrogen (secondary N) is 2. The van der Waals surface area contributed by atoms with E-state index < -0.39 is 0 Å². The van der Waals surface area contributed by atoms with Gasteiger partial charge in [0, 0.05) is 30.4 Å². The molecule has 100 valence electrons. The molecule has 0 aliphatic rings. The molecule has 0 saturated carbocycles. The normalized spacial score (nSPS) is 10.5. The minimum atomic E-state index is 0.598. The summed E-state index contributed by atoms with van der Waals surface area (Å²) in [6, 6.07) is 11.9. The molecule has 2 N–H and O–H groups in total. The second kappa shape index (κ2) is 5.13. The lowest BCUT2D eigenvalue weighted by Gasteiger charge is -2.10. The van der Waals surface area contributed by atoms with Gasteiger partial charge < -0.3 is 10.6 Å². The Balaban J connectivity index is 2.03. The zero-order chi connectivity index (χ0) is 13.9. The van der Waals surface area contributed by atoms with E-state index in [9.17, 15) is 0 Å². The molecule has 0 fully saturated rings. The molecule has 0 unspecified atom stereocenters. The van der Waals surface area contributed by atoms with Gasteiger partial charge >= 0.3 is 0 Å². The highest BCUT2D eigenvalue weighted by molar-refractivity contribution is 5.91. The number of hydrogen-bond acceptors (Lipinski definition) is 5. The van der Waals surface area contributed by atoms with Crippen LogP contribution in [0, 0.1) is 6.92 Å². The number of aromatic nitrogens is 3. The number of benzene rings is 1. The number of fused-ring (bicyclic) bond motifs is 1. The van der Waals surface area contributed by atoms with Gasteiger partial charge in [0.25, 0.3) is 0 Å². The van der Waals surface area contributed by atoms with Crippen LogP contribution in [0.1, 0.15) is 5.69 Å². The molecule has 0 amide bonds. The maximum Gasteiger partial charge on any atom is 0.224 e. The summed E-state index contributed by atoms with van der Waals surface area (Å²) in [5.74, 6) is 1.35. The minimum Gasteiger partial charge on any atom is -0.357 e. The number of hydrogen-bond donors (Lipinski definition) is 2. The van der Waals surface area contributed by atoms with Crippen molar-refractivity contribution in [2.24, 2.45) is 0 Å². The third kappa shape index (κ3) is 2.38. The molecule has 0 bridgehead atoms. The Morgan fingerprint density at radius 3 is 2.75 bits per heavy atom. The lowest BCUT2D eigenvalue weighted by molar-refractivity contribution is 1.10. The first-order chi connectivity index (χ1) is 9.76. The molecule has 20 heavy (non-hydrogen) atoms. The monoisotopic (exact) mass is 265 g/mol. The maximum absolute atomic E-state index is 4.42. The topological polar surface area (TPSA) is 62.7 Å². The lowest BCUT2D eigenvalue weighted by Crippen LogP contribution is -2.02. The van der Waals surface area contributed by atoms with Crippen molar-refractivity contribution in [2.75, 3.05) is 17.7 Å². The van der Waals surface area contributed by atoms with Gasteiger partial charge in [-0.15, -0.1) is 0 Å². The molecule has 5 heteroatoms. The molecular formula is C15H15N5. The van der Waals surface area contributed by atoms with E-state index in [2.05, 4.69) is 25.6 Å². The standard InChI is InChI=1S/C15H15N5/c1-10-9-13(20-15(16-2)18-10)19-12-7-3-5-11-6-4-8-17-14(11)12/h3-9H,1-2H3,(H2,16,18,19,20). The maximum atomic E-state index is 4.42. The summed E-state index contributed by atoms with van der Waals surface area (Å²) in [7, 11) is 1.80. The van der Waals surface area contributed by atoms with Crippen LogP contribution in [0.2, 0.25) is 0 Å². The van der Waals surface area contributed by atoms with Crippen molar-refractivity contribution in [1.29, 1.82) is 0 Å². The molecule has 5 nitrogen and oxygen atoms in total. The molecule has 0 aliphatic carbocycles. The first-order valence-electron chi connectivity index (χ1n) is 6.40. The quantitative estimate of drug-likeness (QED) is 0.761. The molecular weight excluding hydrogens is 250 g/mol. The van der Waals surface area contributed by atoms with E-state index in [0.29, 0.717) is 5.95 Å². The number of aryl methyl sites for hydroxylation is 1. The Kier molecular flexibility index (Phi) is 3.16. The van der Waals surface area contributed by atoms with E-state index in [1.807, 2.05) is 43.3 Å². The molecule has 0 atom stereocenters. The van der Waals surface area contributed by atoms with Gasteiger partial charge in [0.15, 0.2) is 0 Å². The molecule has 0 aliphatic heterocycles. The van der Waals surface area contributed by atoms with Gasteiger partial charge in [-0.1, -0.05) is 18.2 Å². The van der Waals surface area contributed by atoms with Gasteiger partial charge in [-0.25, -0.2) is 4.98 Å². The van der Waals surface area contributed by atoms with E-state index >= 15 is 0 Å². The van der Waals surface area contributed by atoms with Crippen LogP contribution >= 0.6 is 0 Å². The fraction of sp³-hybridized carbons (Fsp3) is 0.133. The SMILES string of the molecule is CNc1nc(C)cc(Nc2cccc3cccnc23)n1. The van der Waals surface area contributed by atoms with Crippen LogP contribution in [-0.2, 0) is 0 Å². The summed E-state index contributed by atoms with van der Waals surface area (Å²) in [6.45, 7) is 1.94. The highest BCUT2D eigenvalue weighted by Gasteiger charge is 2.05. The van der Waals surface area contributed by atoms with Crippen LogP contribution in [0.4, 0.5) is 17.5 Å². The fourth-order valence-corrected chi connectivity index (χ4v) is 2.09. The van der Waals surface area contributed by atoms with E-state index in [0.717, 1.165) is 28.1 Å². The van der Waals surface area contributed by atoms with Crippen LogP contribution < -0.4 is 10.6 Å². The van der Waals surface area contributed by atoms with Crippen molar-refractivity contribution in [1.82, 2.24) is 15.0 Å². The van der Waals surface area contributed by atoms with Crippen LogP contribution in [0.15, 0.2) is 42.6 Å². The smallest absolute Gasteiger partial charge is 0.224 e. The first kappa shape index (κ1) is 12.3. The number of pyridine rings is 1. The van der Waals surface area contributed by atoms with Crippen LogP contribution in [0.5, 0.6) is 0 Å². The zero-order valence-electron chi connectivity index (χ0n) is 11.4. The Morgan fingerprint density at radius 2 is 1.90 bits per heavy atom. The van der Waals surface area contributed by atoms with Crippen molar-refractivity contribution < 1.29 is 0 Å². The lowest BCUT2D eigenvalue weighted by atomic mass is 10.2. The third-order valence-corrected chi connectivity index (χ3v) is 2.97.